The minimum absolute atomic E-state index is 0.00493. The zero-order valence-electron chi connectivity index (χ0n) is 24.6. The summed E-state index contributed by atoms with van der Waals surface area (Å²) >= 11 is 1.57. The molecular weight excluding hydrogens is 558 g/mol. The summed E-state index contributed by atoms with van der Waals surface area (Å²) in [5, 5.41) is 25.4. The molecule has 2 aliphatic rings. The largest absolute Gasteiger partial charge is 0.481 e. The fourth-order valence-corrected chi connectivity index (χ4v) is 6.34. The van der Waals surface area contributed by atoms with Crippen LogP contribution in [0.1, 0.15) is 51.3 Å². The van der Waals surface area contributed by atoms with Crippen LogP contribution >= 0.6 is 11.3 Å². The van der Waals surface area contributed by atoms with Crippen molar-refractivity contribution >= 4 is 35.0 Å². The summed E-state index contributed by atoms with van der Waals surface area (Å²) in [5.74, 6) is -2.33. The van der Waals surface area contributed by atoms with E-state index >= 15 is 0 Å². The molecule has 3 amide bonds. The summed E-state index contributed by atoms with van der Waals surface area (Å²) in [6.45, 7) is 8.80. The van der Waals surface area contributed by atoms with Crippen LogP contribution in [0, 0.1) is 18.3 Å². The number of carboxylic acid groups (broad SMARTS) is 1. The van der Waals surface area contributed by atoms with Crippen molar-refractivity contribution in [2.45, 2.75) is 71.7 Å². The summed E-state index contributed by atoms with van der Waals surface area (Å²) in [5.41, 5.74) is 4.08. The number of hydrogen-bond acceptors (Lipinski definition) is 8. The number of amides is 3. The average Bonchev–Trinajstić information content (AvgIpc) is 3.55. The Bertz CT molecular complexity index is 1280. The highest BCUT2D eigenvalue weighted by molar-refractivity contribution is 7.13. The van der Waals surface area contributed by atoms with E-state index in [1.807, 2.05) is 62.4 Å². The third-order valence-electron chi connectivity index (χ3n) is 8.02. The van der Waals surface area contributed by atoms with Gasteiger partial charge < -0.3 is 25.7 Å². The van der Waals surface area contributed by atoms with Crippen LogP contribution in [-0.4, -0.2) is 93.1 Å². The summed E-state index contributed by atoms with van der Waals surface area (Å²) in [7, 11) is 0. The Kier molecular flexibility index (Phi) is 10.0. The number of piperidine rings is 1. The average molecular weight is 600 g/mol. The van der Waals surface area contributed by atoms with Crippen molar-refractivity contribution in [2.24, 2.45) is 11.3 Å². The highest BCUT2D eigenvalue weighted by atomic mass is 32.1. The second kappa shape index (κ2) is 13.3. The maximum Gasteiger partial charge on any atom is 0.306 e. The van der Waals surface area contributed by atoms with Gasteiger partial charge in [-0.3, -0.25) is 24.1 Å². The van der Waals surface area contributed by atoms with Crippen LogP contribution in [0.3, 0.4) is 0 Å². The minimum Gasteiger partial charge on any atom is -0.481 e. The first-order valence-electron chi connectivity index (χ1n) is 14.3. The van der Waals surface area contributed by atoms with Gasteiger partial charge in [0.05, 0.1) is 34.6 Å². The van der Waals surface area contributed by atoms with E-state index in [4.69, 9.17) is 0 Å². The van der Waals surface area contributed by atoms with E-state index in [1.165, 1.54) is 4.90 Å². The maximum absolute atomic E-state index is 13.8. The summed E-state index contributed by atoms with van der Waals surface area (Å²) < 4.78 is 0. The Hall–Kier alpha value is -3.35. The molecule has 0 aliphatic carbocycles. The van der Waals surface area contributed by atoms with Gasteiger partial charge in [-0.25, -0.2) is 4.98 Å². The smallest absolute Gasteiger partial charge is 0.306 e. The molecule has 1 aromatic carbocycles. The number of benzene rings is 1. The third-order valence-corrected chi connectivity index (χ3v) is 8.99. The van der Waals surface area contributed by atoms with Crippen molar-refractivity contribution in [3.8, 4) is 10.4 Å². The maximum atomic E-state index is 13.8. The highest BCUT2D eigenvalue weighted by Gasteiger charge is 2.44. The Morgan fingerprint density at radius 3 is 2.36 bits per heavy atom. The lowest BCUT2D eigenvalue weighted by atomic mass is 9.85. The van der Waals surface area contributed by atoms with Gasteiger partial charge in [-0.05, 0) is 49.4 Å². The van der Waals surface area contributed by atoms with Gasteiger partial charge in [-0.1, -0.05) is 45.0 Å². The second-order valence-electron chi connectivity index (χ2n) is 12.3. The van der Waals surface area contributed by atoms with Crippen LogP contribution in [0.2, 0.25) is 0 Å². The van der Waals surface area contributed by atoms with Crippen molar-refractivity contribution in [1.29, 1.82) is 0 Å². The normalized spacial score (nSPS) is 20.7. The quantitative estimate of drug-likeness (QED) is 0.342. The lowest BCUT2D eigenvalue weighted by molar-refractivity contribution is -0.144. The second-order valence-corrected chi connectivity index (χ2v) is 13.2. The molecule has 42 heavy (non-hydrogen) atoms. The van der Waals surface area contributed by atoms with Gasteiger partial charge in [0.25, 0.3) is 0 Å². The van der Waals surface area contributed by atoms with Crippen molar-refractivity contribution in [3.05, 3.63) is 41.0 Å². The molecule has 2 aliphatic heterocycles. The van der Waals surface area contributed by atoms with Crippen molar-refractivity contribution in [2.75, 3.05) is 26.2 Å². The number of nitrogens with zero attached hydrogens (tertiary/aromatic N) is 3. The molecule has 3 heterocycles. The molecule has 0 bridgehead atoms. The molecule has 2 fully saturated rings. The summed E-state index contributed by atoms with van der Waals surface area (Å²) in [6.07, 6.45) is 0.217. The van der Waals surface area contributed by atoms with E-state index in [0.717, 1.165) is 21.7 Å². The van der Waals surface area contributed by atoms with Gasteiger partial charge >= 0.3 is 5.97 Å². The molecule has 1 unspecified atom stereocenters. The molecule has 2 saturated heterocycles. The van der Waals surface area contributed by atoms with Crippen LogP contribution in [-0.2, 0) is 25.7 Å². The molecule has 2 aromatic rings. The van der Waals surface area contributed by atoms with Crippen molar-refractivity contribution < 1.29 is 29.4 Å². The van der Waals surface area contributed by atoms with Crippen LogP contribution in [0.25, 0.3) is 10.4 Å². The van der Waals surface area contributed by atoms with Crippen LogP contribution < -0.4 is 10.6 Å². The first kappa shape index (κ1) is 31.6. The molecule has 4 rings (SSSR count). The van der Waals surface area contributed by atoms with E-state index in [1.54, 1.807) is 11.3 Å². The number of thiazole rings is 1. The summed E-state index contributed by atoms with van der Waals surface area (Å²) in [6, 6.07) is 6.09. The van der Waals surface area contributed by atoms with E-state index in [9.17, 15) is 29.4 Å². The molecule has 4 N–H and O–H groups in total. The number of hydrogen-bond donors (Lipinski definition) is 4. The van der Waals surface area contributed by atoms with E-state index in [0.29, 0.717) is 25.9 Å². The number of nitrogens with one attached hydrogen (secondary N) is 2. The molecule has 228 valence electrons. The van der Waals surface area contributed by atoms with Gasteiger partial charge in [-0.2, -0.15) is 0 Å². The number of aliphatic hydroxyl groups is 1. The van der Waals surface area contributed by atoms with Crippen LogP contribution in [0.5, 0.6) is 0 Å². The number of likely N-dealkylation sites (tertiary alicyclic amines) is 2. The minimum atomic E-state index is -0.912. The zero-order valence-corrected chi connectivity index (χ0v) is 25.4. The predicted molar refractivity (Wildman–Crippen MR) is 158 cm³/mol. The zero-order chi connectivity index (χ0) is 30.6. The van der Waals surface area contributed by atoms with Gasteiger partial charge in [0.2, 0.25) is 17.7 Å². The lowest BCUT2D eigenvalue weighted by Crippen LogP contribution is -2.58. The Labute approximate surface area is 250 Å². The molecule has 0 spiro atoms. The molecule has 0 saturated carbocycles. The number of aryl methyl sites for hydroxylation is 1. The van der Waals surface area contributed by atoms with Gasteiger partial charge in [0, 0.05) is 19.5 Å². The number of β-amino-alcohol motifs (C(OH)–C–C–N with tert-alkyl or cyclic N) is 1. The topological polar surface area (TPSA) is 152 Å². The number of carbonyl (C=O) groups is 4. The monoisotopic (exact) mass is 599 g/mol. The molecule has 0 radical (unpaired) electrons. The summed E-state index contributed by atoms with van der Waals surface area (Å²) in [4.78, 5) is 59.9. The highest BCUT2D eigenvalue weighted by Crippen LogP contribution is 2.28. The predicted octanol–water partition coefficient (Wildman–Crippen LogP) is 2.02. The first-order chi connectivity index (χ1) is 19.8. The standard InChI is InChI=1S/C30H41N5O6S/c1-18-25(42-17-32-18)20-7-5-19(6-8-20)14-31-27(38)23-13-22(36)15-35(23)28(39)26(30(2,3)4)33-24(37)16-34-11-9-21(10-12-34)29(40)41/h5-8,17,21-23,26,36H,9-16H2,1-4H3,(H,31,38)(H,33,37)(H,40,41)/t22-,23+,26?/m1/s1. The van der Waals surface area contributed by atoms with Crippen molar-refractivity contribution in [1.82, 2.24) is 25.4 Å². The molecular formula is C30H41N5O6S. The Morgan fingerprint density at radius 2 is 1.79 bits per heavy atom. The molecule has 11 nitrogen and oxygen atoms in total. The van der Waals surface area contributed by atoms with Gasteiger partial charge in [0.15, 0.2) is 0 Å². The third kappa shape index (κ3) is 7.73. The van der Waals surface area contributed by atoms with E-state index in [-0.39, 0.29) is 37.9 Å². The number of carbonyl (C=O) groups excluding carboxylic acids is 3. The fraction of sp³-hybridized carbons (Fsp3) is 0.567. The van der Waals surface area contributed by atoms with E-state index in [2.05, 4.69) is 15.6 Å². The number of aliphatic hydroxyl groups excluding tert-OH is 1. The Morgan fingerprint density at radius 1 is 1.12 bits per heavy atom. The van der Waals surface area contributed by atoms with Crippen LogP contribution in [0.4, 0.5) is 0 Å². The van der Waals surface area contributed by atoms with Gasteiger partial charge in [-0.15, -0.1) is 11.3 Å². The van der Waals surface area contributed by atoms with E-state index < -0.39 is 41.4 Å². The number of rotatable bonds is 9. The van der Waals surface area contributed by atoms with Crippen LogP contribution in [0.15, 0.2) is 29.8 Å². The fourth-order valence-electron chi connectivity index (χ4n) is 5.53. The first-order valence-corrected chi connectivity index (χ1v) is 15.2. The Balaban J connectivity index is 1.36. The molecule has 12 heteroatoms. The van der Waals surface area contributed by atoms with Crippen molar-refractivity contribution in [3.63, 3.8) is 0 Å². The SMILES string of the molecule is Cc1ncsc1-c1ccc(CNC(=O)[C@@H]2C[C@@H](O)CN2C(=O)C(NC(=O)CN2CCC(C(=O)O)CC2)C(C)(C)C)cc1. The lowest BCUT2D eigenvalue weighted by Gasteiger charge is -2.36. The number of aromatic nitrogens is 1. The number of aliphatic carboxylic acids is 1. The molecule has 3 atom stereocenters. The van der Waals surface area contributed by atoms with Gasteiger partial charge in [0.1, 0.15) is 12.1 Å². The number of carboxylic acids is 1. The molecule has 1 aromatic heterocycles.